The van der Waals surface area contributed by atoms with Gasteiger partial charge in [-0.1, -0.05) is 0 Å². The molecule has 0 aromatic carbocycles. The van der Waals surface area contributed by atoms with Gasteiger partial charge in [-0.2, -0.15) is 5.10 Å². The number of pyridine rings is 1. The van der Waals surface area contributed by atoms with Gasteiger partial charge < -0.3 is 10.6 Å². The Bertz CT molecular complexity index is 494. The quantitative estimate of drug-likeness (QED) is 0.800. The number of likely N-dealkylation sites (N-methyl/N-ethyl adjacent to an activating group) is 1. The highest BCUT2D eigenvalue weighted by molar-refractivity contribution is 5.91. The zero-order valence-electron chi connectivity index (χ0n) is 9.42. The van der Waals surface area contributed by atoms with Crippen molar-refractivity contribution >= 4 is 11.6 Å². The number of carbonyl (C=O) groups is 1. The highest BCUT2D eigenvalue weighted by Crippen LogP contribution is 2.10. The Morgan fingerprint density at radius 3 is 2.88 bits per heavy atom. The van der Waals surface area contributed by atoms with Gasteiger partial charge in [-0.15, -0.1) is 0 Å². The summed E-state index contributed by atoms with van der Waals surface area (Å²) >= 11 is 0. The smallest absolute Gasteiger partial charge is 0.238 e. The van der Waals surface area contributed by atoms with E-state index in [1.807, 2.05) is 12.1 Å². The molecule has 2 N–H and O–H groups in total. The van der Waals surface area contributed by atoms with E-state index >= 15 is 0 Å². The lowest BCUT2D eigenvalue weighted by atomic mass is 10.4. The van der Waals surface area contributed by atoms with Crippen LogP contribution in [0.15, 0.2) is 36.9 Å². The highest BCUT2D eigenvalue weighted by Gasteiger charge is 2.04. The molecule has 1 amide bonds. The summed E-state index contributed by atoms with van der Waals surface area (Å²) in [5.41, 5.74) is 1.57. The molecule has 2 aromatic rings. The van der Waals surface area contributed by atoms with Crippen molar-refractivity contribution in [2.45, 2.75) is 0 Å². The van der Waals surface area contributed by atoms with Crippen LogP contribution in [0.25, 0.3) is 5.69 Å². The largest absolute Gasteiger partial charge is 0.322 e. The number of carbonyl (C=O) groups excluding carboxylic acids is 1. The van der Waals surface area contributed by atoms with Crippen LogP contribution in [0.1, 0.15) is 0 Å². The lowest BCUT2D eigenvalue weighted by Gasteiger charge is -2.01. The molecule has 0 radical (unpaired) electrons. The van der Waals surface area contributed by atoms with E-state index in [1.165, 1.54) is 0 Å². The fourth-order valence-electron chi connectivity index (χ4n) is 1.39. The maximum Gasteiger partial charge on any atom is 0.238 e. The Labute approximate surface area is 98.7 Å². The lowest BCUT2D eigenvalue weighted by Crippen LogP contribution is -2.24. The van der Waals surface area contributed by atoms with Gasteiger partial charge in [0.25, 0.3) is 0 Å². The predicted octanol–water partition coefficient (Wildman–Crippen LogP) is 0.425. The Morgan fingerprint density at radius 1 is 1.41 bits per heavy atom. The van der Waals surface area contributed by atoms with Crippen LogP contribution in [0.5, 0.6) is 0 Å². The summed E-state index contributed by atoms with van der Waals surface area (Å²) < 4.78 is 1.68. The van der Waals surface area contributed by atoms with E-state index in [-0.39, 0.29) is 12.5 Å². The minimum Gasteiger partial charge on any atom is -0.322 e. The number of aromatic nitrogens is 3. The summed E-state index contributed by atoms with van der Waals surface area (Å²) in [5, 5.41) is 9.66. The van der Waals surface area contributed by atoms with Crippen LogP contribution < -0.4 is 10.6 Å². The van der Waals surface area contributed by atoms with Gasteiger partial charge in [0.05, 0.1) is 30.3 Å². The van der Waals surface area contributed by atoms with E-state index in [0.29, 0.717) is 5.69 Å². The second-order valence-corrected chi connectivity index (χ2v) is 3.46. The predicted molar refractivity (Wildman–Crippen MR) is 63.9 cm³/mol. The second kappa shape index (κ2) is 5.22. The highest BCUT2D eigenvalue weighted by atomic mass is 16.1. The summed E-state index contributed by atoms with van der Waals surface area (Å²) in [6.07, 6.45) is 6.74. The van der Waals surface area contributed by atoms with Crippen molar-refractivity contribution in [2.24, 2.45) is 0 Å². The molecule has 2 aromatic heterocycles. The SMILES string of the molecule is CNCC(=O)Nc1cnn(-c2ccncc2)c1. The number of nitrogens with one attached hydrogen (secondary N) is 2. The average molecular weight is 231 g/mol. The molecule has 0 fully saturated rings. The third-order valence-corrected chi connectivity index (χ3v) is 2.13. The molecule has 17 heavy (non-hydrogen) atoms. The number of anilines is 1. The molecule has 0 aliphatic rings. The fourth-order valence-corrected chi connectivity index (χ4v) is 1.39. The minimum absolute atomic E-state index is 0.0956. The molecule has 0 unspecified atom stereocenters. The van der Waals surface area contributed by atoms with E-state index in [4.69, 9.17) is 0 Å². The lowest BCUT2D eigenvalue weighted by molar-refractivity contribution is -0.115. The van der Waals surface area contributed by atoms with Crippen LogP contribution in [0.3, 0.4) is 0 Å². The molecule has 6 nitrogen and oxygen atoms in total. The van der Waals surface area contributed by atoms with Crippen molar-refractivity contribution in [3.8, 4) is 5.69 Å². The number of nitrogens with zero attached hydrogens (tertiary/aromatic N) is 3. The van der Waals surface area contributed by atoms with Crippen LogP contribution in [0.4, 0.5) is 5.69 Å². The first-order chi connectivity index (χ1) is 8.29. The first-order valence-electron chi connectivity index (χ1n) is 5.19. The van der Waals surface area contributed by atoms with Crippen LogP contribution in [0, 0.1) is 0 Å². The van der Waals surface area contributed by atoms with E-state index in [0.717, 1.165) is 5.69 Å². The van der Waals surface area contributed by atoms with Gasteiger partial charge in [0.15, 0.2) is 0 Å². The van der Waals surface area contributed by atoms with E-state index in [9.17, 15) is 4.79 Å². The van der Waals surface area contributed by atoms with Gasteiger partial charge in [-0.05, 0) is 19.2 Å². The Hall–Kier alpha value is -2.21. The summed E-state index contributed by atoms with van der Waals surface area (Å²) in [5.74, 6) is -0.0956. The van der Waals surface area contributed by atoms with Crippen LogP contribution >= 0.6 is 0 Å². The first kappa shape index (κ1) is 11.3. The van der Waals surface area contributed by atoms with Gasteiger partial charge in [0.1, 0.15) is 0 Å². The molecule has 88 valence electrons. The molecule has 0 saturated heterocycles. The molecular weight excluding hydrogens is 218 g/mol. The van der Waals surface area contributed by atoms with Gasteiger partial charge in [0.2, 0.25) is 5.91 Å². The fraction of sp³-hybridized carbons (Fsp3) is 0.182. The average Bonchev–Trinajstić information content (AvgIpc) is 2.79. The van der Waals surface area contributed by atoms with Crippen molar-refractivity contribution in [1.82, 2.24) is 20.1 Å². The number of amides is 1. The molecule has 6 heteroatoms. The van der Waals surface area contributed by atoms with Gasteiger partial charge >= 0.3 is 0 Å². The zero-order valence-corrected chi connectivity index (χ0v) is 9.42. The van der Waals surface area contributed by atoms with Crippen molar-refractivity contribution in [2.75, 3.05) is 18.9 Å². The maximum absolute atomic E-state index is 11.3. The Kier molecular flexibility index (Phi) is 3.46. The third-order valence-electron chi connectivity index (χ3n) is 2.13. The van der Waals surface area contributed by atoms with Crippen LogP contribution in [-0.4, -0.2) is 34.3 Å². The second-order valence-electron chi connectivity index (χ2n) is 3.46. The van der Waals surface area contributed by atoms with E-state index in [2.05, 4.69) is 20.7 Å². The molecule has 2 heterocycles. The van der Waals surface area contributed by atoms with E-state index in [1.54, 1.807) is 36.5 Å². The Balaban J connectivity index is 2.09. The van der Waals surface area contributed by atoms with Crippen molar-refractivity contribution in [3.05, 3.63) is 36.9 Å². The summed E-state index contributed by atoms with van der Waals surface area (Å²) in [6.45, 7) is 0.278. The van der Waals surface area contributed by atoms with Gasteiger partial charge in [-0.25, -0.2) is 4.68 Å². The van der Waals surface area contributed by atoms with Crippen LogP contribution in [-0.2, 0) is 4.79 Å². The number of hydrogen-bond acceptors (Lipinski definition) is 4. The molecule has 0 aliphatic carbocycles. The van der Waals surface area contributed by atoms with Crippen LogP contribution in [0.2, 0.25) is 0 Å². The van der Waals surface area contributed by atoms with Crippen molar-refractivity contribution in [1.29, 1.82) is 0 Å². The topological polar surface area (TPSA) is 71.8 Å². The molecule has 0 atom stereocenters. The molecule has 0 spiro atoms. The first-order valence-corrected chi connectivity index (χ1v) is 5.19. The van der Waals surface area contributed by atoms with E-state index < -0.39 is 0 Å². The van der Waals surface area contributed by atoms with Crippen molar-refractivity contribution < 1.29 is 4.79 Å². The van der Waals surface area contributed by atoms with Crippen molar-refractivity contribution in [3.63, 3.8) is 0 Å². The van der Waals surface area contributed by atoms with Gasteiger partial charge in [0, 0.05) is 12.4 Å². The molecule has 0 saturated carbocycles. The Morgan fingerprint density at radius 2 is 2.18 bits per heavy atom. The molecule has 0 aliphatic heterocycles. The number of hydrogen-bond donors (Lipinski definition) is 2. The number of rotatable bonds is 4. The summed E-state index contributed by atoms with van der Waals surface area (Å²) in [4.78, 5) is 15.3. The minimum atomic E-state index is -0.0956. The third kappa shape index (κ3) is 2.88. The standard InChI is InChI=1S/C11H13N5O/c1-12-7-11(17)15-9-6-14-16(8-9)10-2-4-13-5-3-10/h2-6,8,12H,7H2,1H3,(H,15,17). The molecular formula is C11H13N5O. The molecule has 0 bridgehead atoms. The summed E-state index contributed by atoms with van der Waals surface area (Å²) in [7, 11) is 1.72. The summed E-state index contributed by atoms with van der Waals surface area (Å²) in [6, 6.07) is 3.68. The monoisotopic (exact) mass is 231 g/mol. The maximum atomic E-state index is 11.3. The normalized spacial score (nSPS) is 10.2. The zero-order chi connectivity index (χ0) is 12.1. The molecule has 2 rings (SSSR count). The van der Waals surface area contributed by atoms with Gasteiger partial charge in [-0.3, -0.25) is 9.78 Å².